The normalized spacial score (nSPS) is 21.9. The first kappa shape index (κ1) is 16.0. The summed E-state index contributed by atoms with van der Waals surface area (Å²) in [5.41, 5.74) is 5.27. The molecule has 0 saturated carbocycles. The van der Waals surface area contributed by atoms with Crippen molar-refractivity contribution in [1.29, 1.82) is 0 Å². The molecule has 1 saturated heterocycles. The van der Waals surface area contributed by atoms with Crippen LogP contribution in [-0.4, -0.2) is 42.4 Å². The molecule has 0 radical (unpaired) electrons. The van der Waals surface area contributed by atoms with Crippen molar-refractivity contribution >= 4 is 11.8 Å². The number of carbonyl (C=O) groups is 2. The summed E-state index contributed by atoms with van der Waals surface area (Å²) in [5, 5.41) is 2.97. The van der Waals surface area contributed by atoms with Crippen molar-refractivity contribution in [2.24, 2.45) is 17.1 Å². The van der Waals surface area contributed by atoms with Gasteiger partial charge in [-0.1, -0.05) is 20.8 Å². The van der Waals surface area contributed by atoms with E-state index in [1.807, 2.05) is 25.7 Å². The van der Waals surface area contributed by atoms with Gasteiger partial charge < -0.3 is 16.0 Å². The largest absolute Gasteiger partial charge is 0.355 e. The number of nitrogens with two attached hydrogens (primary N) is 1. The molecule has 1 aliphatic rings. The summed E-state index contributed by atoms with van der Waals surface area (Å²) >= 11 is 0. The lowest BCUT2D eigenvalue weighted by Gasteiger charge is -2.34. The molecule has 1 heterocycles. The summed E-state index contributed by atoms with van der Waals surface area (Å²) in [6.07, 6.45) is 2.03. The van der Waals surface area contributed by atoms with Gasteiger partial charge in [-0.3, -0.25) is 9.59 Å². The molecule has 0 bridgehead atoms. The summed E-state index contributed by atoms with van der Waals surface area (Å²) in [6, 6.07) is -0.442. The second-order valence-electron chi connectivity index (χ2n) is 6.54. The smallest absolute Gasteiger partial charge is 0.239 e. The third kappa shape index (κ3) is 4.82. The number of hydrogen-bond acceptors (Lipinski definition) is 3. The van der Waals surface area contributed by atoms with Crippen LogP contribution in [0.4, 0.5) is 0 Å². The average molecular weight is 269 g/mol. The molecule has 1 rings (SSSR count). The molecule has 0 aromatic rings. The third-order valence-corrected chi connectivity index (χ3v) is 3.45. The van der Waals surface area contributed by atoms with E-state index in [9.17, 15) is 9.59 Å². The van der Waals surface area contributed by atoms with Crippen LogP contribution in [0.2, 0.25) is 0 Å². The van der Waals surface area contributed by atoms with Gasteiger partial charge in [-0.25, -0.2) is 0 Å². The Balaban J connectivity index is 2.44. The average Bonchev–Trinajstić information content (AvgIpc) is 2.34. The van der Waals surface area contributed by atoms with E-state index in [-0.39, 0.29) is 17.2 Å². The van der Waals surface area contributed by atoms with Crippen LogP contribution in [0.25, 0.3) is 0 Å². The lowest BCUT2D eigenvalue weighted by Crippen LogP contribution is -2.49. The highest BCUT2D eigenvalue weighted by molar-refractivity contribution is 5.82. The summed E-state index contributed by atoms with van der Waals surface area (Å²) in [6.45, 7) is 9.53. The fourth-order valence-corrected chi connectivity index (χ4v) is 2.22. The molecular formula is C14H27N3O2. The second kappa shape index (κ2) is 6.37. The molecule has 2 amide bonds. The van der Waals surface area contributed by atoms with Crippen molar-refractivity contribution < 1.29 is 9.59 Å². The molecule has 1 fully saturated rings. The Morgan fingerprint density at radius 1 is 1.42 bits per heavy atom. The fourth-order valence-electron chi connectivity index (χ4n) is 2.22. The maximum Gasteiger partial charge on any atom is 0.239 e. The number of nitrogens with one attached hydrogen (secondary N) is 1. The van der Waals surface area contributed by atoms with Crippen LogP contribution in [-0.2, 0) is 9.59 Å². The molecule has 1 aliphatic heterocycles. The van der Waals surface area contributed by atoms with E-state index < -0.39 is 6.04 Å². The number of rotatable bonds is 3. The number of hydrogen-bond donors (Lipinski definition) is 2. The summed E-state index contributed by atoms with van der Waals surface area (Å²) in [5.74, 6) is 0.401. The fraction of sp³-hybridized carbons (Fsp3) is 0.857. The monoisotopic (exact) mass is 269 g/mol. The van der Waals surface area contributed by atoms with Crippen LogP contribution < -0.4 is 11.1 Å². The van der Waals surface area contributed by atoms with E-state index in [4.69, 9.17) is 5.73 Å². The number of nitrogens with zero attached hydrogens (tertiary/aromatic N) is 1. The highest BCUT2D eigenvalue weighted by atomic mass is 16.2. The van der Waals surface area contributed by atoms with Gasteiger partial charge in [0.2, 0.25) is 11.8 Å². The van der Waals surface area contributed by atoms with E-state index in [0.717, 1.165) is 19.4 Å². The zero-order valence-electron chi connectivity index (χ0n) is 12.5. The molecule has 5 heteroatoms. The predicted octanol–water partition coefficient (Wildman–Crippen LogP) is 0.734. The van der Waals surface area contributed by atoms with Crippen LogP contribution in [0.5, 0.6) is 0 Å². The van der Waals surface area contributed by atoms with Gasteiger partial charge in [0.05, 0.1) is 6.04 Å². The van der Waals surface area contributed by atoms with Gasteiger partial charge in [0.1, 0.15) is 0 Å². The van der Waals surface area contributed by atoms with Crippen LogP contribution >= 0.6 is 0 Å². The molecule has 0 aliphatic carbocycles. The Bertz CT molecular complexity index is 334. The molecule has 0 aromatic heterocycles. The van der Waals surface area contributed by atoms with Crippen molar-refractivity contribution in [2.45, 2.75) is 46.6 Å². The Morgan fingerprint density at radius 2 is 2.05 bits per heavy atom. The first-order valence-corrected chi connectivity index (χ1v) is 7.04. The zero-order chi connectivity index (χ0) is 14.6. The van der Waals surface area contributed by atoms with Gasteiger partial charge in [0.15, 0.2) is 0 Å². The molecule has 3 N–H and O–H groups in total. The predicted molar refractivity (Wildman–Crippen MR) is 75.4 cm³/mol. The van der Waals surface area contributed by atoms with Gasteiger partial charge in [0.25, 0.3) is 0 Å². The maximum atomic E-state index is 11.9. The van der Waals surface area contributed by atoms with Gasteiger partial charge in [0, 0.05) is 25.0 Å². The van der Waals surface area contributed by atoms with E-state index in [2.05, 4.69) is 5.32 Å². The van der Waals surface area contributed by atoms with Crippen LogP contribution in [0.15, 0.2) is 0 Å². The molecule has 19 heavy (non-hydrogen) atoms. The Morgan fingerprint density at radius 3 is 2.58 bits per heavy atom. The molecule has 0 spiro atoms. The number of likely N-dealkylation sites (tertiary alicyclic amines) is 1. The molecule has 1 unspecified atom stereocenters. The zero-order valence-corrected chi connectivity index (χ0v) is 12.5. The van der Waals surface area contributed by atoms with Crippen molar-refractivity contribution in [2.75, 3.05) is 19.6 Å². The molecule has 5 nitrogen and oxygen atoms in total. The minimum absolute atomic E-state index is 0.00634. The van der Waals surface area contributed by atoms with Gasteiger partial charge in [-0.15, -0.1) is 0 Å². The van der Waals surface area contributed by atoms with Crippen LogP contribution in [0.1, 0.15) is 40.5 Å². The van der Waals surface area contributed by atoms with Crippen molar-refractivity contribution in [3.63, 3.8) is 0 Å². The highest BCUT2D eigenvalue weighted by Gasteiger charge is 2.27. The standard InChI is InChI=1S/C14H27N3O2/c1-10(15)12(18)17-7-5-6-11(9-17)8-16-13(19)14(2,3)4/h10-11H,5-9,15H2,1-4H3,(H,16,19)/t10-,11?/m0/s1. The summed E-state index contributed by atoms with van der Waals surface area (Å²) < 4.78 is 0. The van der Waals surface area contributed by atoms with E-state index in [1.165, 1.54) is 0 Å². The second-order valence-corrected chi connectivity index (χ2v) is 6.54. The van der Waals surface area contributed by atoms with Gasteiger partial charge >= 0.3 is 0 Å². The SMILES string of the molecule is C[C@H](N)C(=O)N1CCCC(CNC(=O)C(C)(C)C)C1. The number of amides is 2. The molecule has 110 valence electrons. The minimum atomic E-state index is -0.442. The summed E-state index contributed by atoms with van der Waals surface area (Å²) in [4.78, 5) is 25.5. The molecular weight excluding hydrogens is 242 g/mol. The lowest BCUT2D eigenvalue weighted by molar-refractivity contribution is -0.134. The number of carbonyl (C=O) groups excluding carboxylic acids is 2. The topological polar surface area (TPSA) is 75.4 Å². The number of piperidine rings is 1. The van der Waals surface area contributed by atoms with E-state index in [0.29, 0.717) is 19.0 Å². The summed E-state index contributed by atoms with van der Waals surface area (Å²) in [7, 11) is 0. The first-order valence-electron chi connectivity index (χ1n) is 7.04. The molecule has 0 aromatic carbocycles. The molecule has 2 atom stereocenters. The van der Waals surface area contributed by atoms with Crippen LogP contribution in [0.3, 0.4) is 0 Å². The maximum absolute atomic E-state index is 11.9. The van der Waals surface area contributed by atoms with Crippen molar-refractivity contribution in [3.8, 4) is 0 Å². The van der Waals surface area contributed by atoms with E-state index in [1.54, 1.807) is 6.92 Å². The van der Waals surface area contributed by atoms with Gasteiger partial charge in [-0.05, 0) is 25.7 Å². The van der Waals surface area contributed by atoms with Crippen molar-refractivity contribution in [1.82, 2.24) is 10.2 Å². The van der Waals surface area contributed by atoms with Crippen LogP contribution in [0, 0.1) is 11.3 Å². The third-order valence-electron chi connectivity index (χ3n) is 3.45. The lowest BCUT2D eigenvalue weighted by atomic mass is 9.94. The first-order chi connectivity index (χ1) is 8.71. The van der Waals surface area contributed by atoms with Crippen molar-refractivity contribution in [3.05, 3.63) is 0 Å². The quantitative estimate of drug-likeness (QED) is 0.793. The Labute approximate surface area is 115 Å². The van der Waals surface area contributed by atoms with E-state index >= 15 is 0 Å². The Kier molecular flexibility index (Phi) is 5.35. The highest BCUT2D eigenvalue weighted by Crippen LogP contribution is 2.18. The van der Waals surface area contributed by atoms with Gasteiger partial charge in [-0.2, -0.15) is 0 Å². The minimum Gasteiger partial charge on any atom is -0.355 e. The Hall–Kier alpha value is -1.10.